The molecule has 3 aromatic carbocycles. The van der Waals surface area contributed by atoms with Crippen molar-refractivity contribution < 1.29 is 9.18 Å². The number of carbonyl (C=O) groups is 1. The van der Waals surface area contributed by atoms with Gasteiger partial charge in [0, 0.05) is 24.6 Å². The maximum Gasteiger partial charge on any atom is 0.230 e. The summed E-state index contributed by atoms with van der Waals surface area (Å²) in [4.78, 5) is 12.7. The highest BCUT2D eigenvalue weighted by Crippen LogP contribution is 2.29. The van der Waals surface area contributed by atoms with Crippen molar-refractivity contribution in [1.29, 1.82) is 0 Å². The molecule has 5 aromatic rings. The monoisotopic (exact) mass is 498 g/mol. The van der Waals surface area contributed by atoms with Crippen LogP contribution in [0.3, 0.4) is 0 Å². The first-order valence-electron chi connectivity index (χ1n) is 11.4. The Morgan fingerprint density at radius 3 is 2.42 bits per heavy atom. The van der Waals surface area contributed by atoms with Gasteiger partial charge in [-0.2, -0.15) is 5.10 Å². The van der Waals surface area contributed by atoms with Gasteiger partial charge in [-0.15, -0.1) is 10.2 Å². The molecule has 0 fully saturated rings. The second-order valence-corrected chi connectivity index (χ2v) is 8.94. The standard InChI is InChI=1S/C27H23FN6OS/c28-24-14-7-6-13-23(24)26-31-32-27(34(26)22-11-2-1-3-12-22)36-19-25(35)29-17-20-9-4-5-10-21(20)18-33-16-8-15-30-33/h1-16H,17-19H2,(H,29,35). The van der Waals surface area contributed by atoms with Gasteiger partial charge >= 0.3 is 0 Å². The number of rotatable bonds is 9. The third-order valence-corrected chi connectivity index (χ3v) is 6.51. The number of thioether (sulfide) groups is 1. The molecule has 0 unspecified atom stereocenters. The van der Waals surface area contributed by atoms with Crippen LogP contribution in [0.2, 0.25) is 0 Å². The highest BCUT2D eigenvalue weighted by atomic mass is 32.2. The lowest BCUT2D eigenvalue weighted by Gasteiger charge is -2.12. The maximum absolute atomic E-state index is 14.6. The number of para-hydroxylation sites is 1. The number of amides is 1. The first-order valence-corrected chi connectivity index (χ1v) is 12.4. The largest absolute Gasteiger partial charge is 0.351 e. The predicted octanol–water partition coefficient (Wildman–Crippen LogP) is 4.73. The molecule has 0 atom stereocenters. The number of halogens is 1. The molecule has 1 amide bonds. The molecule has 0 aliphatic carbocycles. The lowest BCUT2D eigenvalue weighted by Crippen LogP contribution is -2.25. The zero-order chi connectivity index (χ0) is 24.7. The Kier molecular flexibility index (Phi) is 7.18. The maximum atomic E-state index is 14.6. The van der Waals surface area contributed by atoms with E-state index in [4.69, 9.17) is 0 Å². The van der Waals surface area contributed by atoms with Crippen molar-refractivity contribution in [3.05, 3.63) is 114 Å². The van der Waals surface area contributed by atoms with Gasteiger partial charge in [-0.1, -0.05) is 66.4 Å². The highest BCUT2D eigenvalue weighted by molar-refractivity contribution is 7.99. The molecular weight excluding hydrogens is 475 g/mol. The molecule has 2 heterocycles. The van der Waals surface area contributed by atoms with Crippen LogP contribution < -0.4 is 5.32 Å². The molecule has 0 aliphatic rings. The highest BCUT2D eigenvalue weighted by Gasteiger charge is 2.19. The molecule has 7 nitrogen and oxygen atoms in total. The van der Waals surface area contributed by atoms with Gasteiger partial charge in [0.05, 0.1) is 17.9 Å². The van der Waals surface area contributed by atoms with Gasteiger partial charge < -0.3 is 5.32 Å². The molecule has 2 aromatic heterocycles. The summed E-state index contributed by atoms with van der Waals surface area (Å²) in [7, 11) is 0. The number of hydrogen-bond donors (Lipinski definition) is 1. The summed E-state index contributed by atoms with van der Waals surface area (Å²) in [6.07, 6.45) is 3.65. The van der Waals surface area contributed by atoms with Crippen LogP contribution >= 0.6 is 11.8 Å². The van der Waals surface area contributed by atoms with Crippen LogP contribution in [-0.2, 0) is 17.9 Å². The summed E-state index contributed by atoms with van der Waals surface area (Å²) in [5, 5.41) is 16.3. The number of benzene rings is 3. The lowest BCUT2D eigenvalue weighted by molar-refractivity contribution is -0.118. The van der Waals surface area contributed by atoms with E-state index in [0.29, 0.717) is 29.6 Å². The summed E-state index contributed by atoms with van der Waals surface area (Å²) in [6, 6.07) is 25.8. The van der Waals surface area contributed by atoms with Crippen LogP contribution in [0.5, 0.6) is 0 Å². The Hall–Kier alpha value is -4.24. The van der Waals surface area contributed by atoms with E-state index >= 15 is 0 Å². The molecule has 180 valence electrons. The molecular formula is C27H23FN6OS. The van der Waals surface area contributed by atoms with Gasteiger partial charge in [0.1, 0.15) is 5.82 Å². The smallest absolute Gasteiger partial charge is 0.230 e. The summed E-state index contributed by atoms with van der Waals surface area (Å²) in [5.74, 6) is 0.00710. The van der Waals surface area contributed by atoms with E-state index in [1.165, 1.54) is 17.8 Å². The lowest BCUT2D eigenvalue weighted by atomic mass is 10.1. The Bertz CT molecular complexity index is 1450. The van der Waals surface area contributed by atoms with Gasteiger partial charge in [0.2, 0.25) is 5.91 Å². The van der Waals surface area contributed by atoms with Gasteiger partial charge in [-0.05, 0) is 41.5 Å². The molecule has 0 spiro atoms. The molecule has 1 N–H and O–H groups in total. The predicted molar refractivity (Wildman–Crippen MR) is 137 cm³/mol. The first-order chi connectivity index (χ1) is 17.7. The molecule has 9 heteroatoms. The number of nitrogens with one attached hydrogen (secondary N) is 1. The summed E-state index contributed by atoms with van der Waals surface area (Å²) in [5.41, 5.74) is 3.25. The Morgan fingerprint density at radius 1 is 0.889 bits per heavy atom. The topological polar surface area (TPSA) is 77.6 Å². The van der Waals surface area contributed by atoms with Crippen LogP contribution in [0.1, 0.15) is 11.1 Å². The summed E-state index contributed by atoms with van der Waals surface area (Å²) < 4.78 is 18.2. The van der Waals surface area contributed by atoms with Crippen LogP contribution in [0, 0.1) is 5.82 Å². The van der Waals surface area contributed by atoms with Gasteiger partial charge in [0.25, 0.3) is 0 Å². The fourth-order valence-electron chi connectivity index (χ4n) is 3.82. The van der Waals surface area contributed by atoms with E-state index in [0.717, 1.165) is 16.8 Å². The fourth-order valence-corrected chi connectivity index (χ4v) is 4.60. The molecule has 0 bridgehead atoms. The van der Waals surface area contributed by atoms with Crippen molar-refractivity contribution in [2.45, 2.75) is 18.2 Å². The van der Waals surface area contributed by atoms with Gasteiger partial charge in [0.15, 0.2) is 11.0 Å². The van der Waals surface area contributed by atoms with E-state index in [1.807, 2.05) is 71.5 Å². The molecule has 5 rings (SSSR count). The average Bonchev–Trinajstić information content (AvgIpc) is 3.58. The summed E-state index contributed by atoms with van der Waals surface area (Å²) in [6.45, 7) is 1.04. The normalized spacial score (nSPS) is 10.9. The molecule has 0 radical (unpaired) electrons. The van der Waals surface area contributed by atoms with E-state index in [2.05, 4.69) is 20.6 Å². The molecule has 0 saturated carbocycles. The van der Waals surface area contributed by atoms with Crippen LogP contribution in [0.15, 0.2) is 102 Å². The third-order valence-electron chi connectivity index (χ3n) is 5.58. The SMILES string of the molecule is O=C(CSc1nnc(-c2ccccc2F)n1-c1ccccc1)NCc1ccccc1Cn1cccn1. The quantitative estimate of drug-likeness (QED) is 0.298. The van der Waals surface area contributed by atoms with Crippen molar-refractivity contribution in [1.82, 2.24) is 29.9 Å². The summed E-state index contributed by atoms with van der Waals surface area (Å²) >= 11 is 1.26. The first kappa shape index (κ1) is 23.5. The molecule has 36 heavy (non-hydrogen) atoms. The van der Waals surface area contributed by atoms with Crippen molar-refractivity contribution in [3.8, 4) is 17.1 Å². The van der Waals surface area contributed by atoms with Crippen molar-refractivity contribution >= 4 is 17.7 Å². The number of aromatic nitrogens is 5. The zero-order valence-electron chi connectivity index (χ0n) is 19.3. The van der Waals surface area contributed by atoms with E-state index in [-0.39, 0.29) is 17.5 Å². The minimum Gasteiger partial charge on any atom is -0.351 e. The second-order valence-electron chi connectivity index (χ2n) is 7.99. The van der Waals surface area contributed by atoms with E-state index in [9.17, 15) is 9.18 Å². The minimum absolute atomic E-state index is 0.135. The zero-order valence-corrected chi connectivity index (χ0v) is 20.1. The van der Waals surface area contributed by atoms with E-state index in [1.54, 1.807) is 29.0 Å². The Labute approximate surface area is 212 Å². The van der Waals surface area contributed by atoms with Gasteiger partial charge in [-0.3, -0.25) is 14.0 Å². The van der Waals surface area contributed by atoms with E-state index < -0.39 is 0 Å². The number of nitrogens with zero attached hydrogens (tertiary/aromatic N) is 5. The Balaban J connectivity index is 1.29. The molecule has 0 aliphatic heterocycles. The minimum atomic E-state index is -0.384. The van der Waals surface area contributed by atoms with Crippen LogP contribution in [0.4, 0.5) is 4.39 Å². The van der Waals surface area contributed by atoms with Crippen molar-refractivity contribution in [3.63, 3.8) is 0 Å². The molecule has 0 saturated heterocycles. The second kappa shape index (κ2) is 11.0. The van der Waals surface area contributed by atoms with Crippen molar-refractivity contribution in [2.75, 3.05) is 5.75 Å². The number of carbonyl (C=O) groups excluding carboxylic acids is 1. The van der Waals surface area contributed by atoms with Crippen molar-refractivity contribution in [2.24, 2.45) is 0 Å². The van der Waals surface area contributed by atoms with Gasteiger partial charge in [-0.25, -0.2) is 4.39 Å². The fraction of sp³-hybridized carbons (Fsp3) is 0.111. The average molecular weight is 499 g/mol. The van der Waals surface area contributed by atoms with Crippen LogP contribution in [0.25, 0.3) is 17.1 Å². The van der Waals surface area contributed by atoms with Crippen LogP contribution in [-0.4, -0.2) is 36.2 Å². The number of hydrogen-bond acceptors (Lipinski definition) is 5. The third kappa shape index (κ3) is 5.36. The Morgan fingerprint density at radius 2 is 1.64 bits per heavy atom.